The van der Waals surface area contributed by atoms with Crippen molar-refractivity contribution < 1.29 is 9.53 Å². The van der Waals surface area contributed by atoms with E-state index in [0.29, 0.717) is 16.4 Å². The summed E-state index contributed by atoms with van der Waals surface area (Å²) in [5.74, 6) is 0.357. The van der Waals surface area contributed by atoms with E-state index in [9.17, 15) is 4.79 Å². The van der Waals surface area contributed by atoms with Gasteiger partial charge in [0.1, 0.15) is 5.75 Å². The van der Waals surface area contributed by atoms with E-state index in [1.54, 1.807) is 13.2 Å². The van der Waals surface area contributed by atoms with Crippen molar-refractivity contribution in [2.24, 2.45) is 0 Å². The van der Waals surface area contributed by atoms with Gasteiger partial charge < -0.3 is 4.74 Å². The molecule has 4 aromatic rings. The number of hydrogen-bond acceptors (Lipinski definition) is 4. The number of nitrogens with zero attached hydrogens (tertiary/aromatic N) is 1. The molecule has 0 radical (unpaired) electrons. The Bertz CT molecular complexity index is 1130. The molecule has 1 aromatic heterocycles. The molecule has 1 heterocycles. The van der Waals surface area contributed by atoms with E-state index >= 15 is 0 Å². The highest BCUT2D eigenvalue weighted by atomic mass is 32.1. The summed E-state index contributed by atoms with van der Waals surface area (Å²) in [5, 5.41) is 7.72. The van der Waals surface area contributed by atoms with Gasteiger partial charge in [-0.1, -0.05) is 54.6 Å². The summed E-state index contributed by atoms with van der Waals surface area (Å²) in [6, 6.07) is 19.9. The molecular weight excluding hydrogens is 356 g/mol. The summed E-state index contributed by atoms with van der Waals surface area (Å²) in [4.78, 5) is 17.3. The van der Waals surface area contributed by atoms with E-state index in [0.717, 1.165) is 27.6 Å². The van der Waals surface area contributed by atoms with Crippen molar-refractivity contribution in [2.45, 2.75) is 6.92 Å². The van der Waals surface area contributed by atoms with Gasteiger partial charge in [-0.15, -0.1) is 11.3 Å². The van der Waals surface area contributed by atoms with E-state index < -0.39 is 0 Å². The zero-order chi connectivity index (χ0) is 18.8. The number of carbonyl (C=O) groups excluding carboxylic acids is 1. The molecule has 5 heteroatoms. The molecule has 0 fully saturated rings. The van der Waals surface area contributed by atoms with Crippen LogP contribution >= 0.6 is 11.3 Å². The average Bonchev–Trinajstić information content (AvgIpc) is 3.15. The smallest absolute Gasteiger partial charge is 0.261 e. The zero-order valence-corrected chi connectivity index (χ0v) is 15.8. The molecule has 0 bridgehead atoms. The molecule has 4 nitrogen and oxygen atoms in total. The summed E-state index contributed by atoms with van der Waals surface area (Å²) in [5.41, 5.74) is 3.32. The minimum absolute atomic E-state index is 0.227. The summed E-state index contributed by atoms with van der Waals surface area (Å²) in [7, 11) is 1.57. The summed E-state index contributed by atoms with van der Waals surface area (Å²) < 4.78 is 5.38. The van der Waals surface area contributed by atoms with Gasteiger partial charge in [-0.2, -0.15) is 0 Å². The van der Waals surface area contributed by atoms with E-state index in [2.05, 4.69) is 28.5 Å². The minimum Gasteiger partial charge on any atom is -0.496 e. The van der Waals surface area contributed by atoms with Crippen molar-refractivity contribution in [3.63, 3.8) is 0 Å². The Morgan fingerprint density at radius 2 is 1.81 bits per heavy atom. The van der Waals surface area contributed by atoms with Crippen LogP contribution in [0.2, 0.25) is 0 Å². The second kappa shape index (κ2) is 7.21. The highest BCUT2D eigenvalue weighted by Crippen LogP contribution is 2.31. The fourth-order valence-electron chi connectivity index (χ4n) is 3.17. The number of benzene rings is 3. The van der Waals surface area contributed by atoms with Crippen molar-refractivity contribution in [1.29, 1.82) is 0 Å². The third-order valence-electron chi connectivity index (χ3n) is 4.45. The number of thiazole rings is 1. The monoisotopic (exact) mass is 374 g/mol. The van der Waals surface area contributed by atoms with Gasteiger partial charge in [0, 0.05) is 10.9 Å². The topological polar surface area (TPSA) is 51.2 Å². The van der Waals surface area contributed by atoms with E-state index in [4.69, 9.17) is 4.74 Å². The zero-order valence-electron chi connectivity index (χ0n) is 15.0. The molecule has 0 saturated heterocycles. The van der Waals surface area contributed by atoms with Crippen LogP contribution in [0.15, 0.2) is 66.0 Å². The van der Waals surface area contributed by atoms with E-state index in [1.165, 1.54) is 11.3 Å². The fraction of sp³-hybridized carbons (Fsp3) is 0.0909. The molecule has 1 N–H and O–H groups in total. The Hall–Kier alpha value is -3.18. The first-order chi connectivity index (χ1) is 13.2. The Labute approximate surface area is 161 Å². The number of rotatable bonds is 4. The number of para-hydroxylation sites is 1. The second-order valence-corrected chi connectivity index (χ2v) is 7.03. The maximum atomic E-state index is 12.7. The standard InChI is InChI=1S/C22H18N2O2S/c1-14-7-5-12-18(20(14)26-2)21(25)24-22-23-19(13-27-22)17-11-6-9-15-8-3-4-10-16(15)17/h3-13H,1-2H3,(H,23,24,25). The Kier molecular flexibility index (Phi) is 4.60. The number of hydrogen-bond donors (Lipinski definition) is 1. The molecule has 134 valence electrons. The van der Waals surface area contributed by atoms with E-state index in [1.807, 2.05) is 48.7 Å². The van der Waals surface area contributed by atoms with Crippen LogP contribution in [0.5, 0.6) is 5.75 Å². The number of nitrogens with one attached hydrogen (secondary N) is 1. The number of fused-ring (bicyclic) bond motifs is 1. The van der Waals surface area contributed by atoms with Crippen LogP contribution < -0.4 is 10.1 Å². The molecule has 0 atom stereocenters. The molecular formula is C22H18N2O2S. The van der Waals surface area contributed by atoms with Gasteiger partial charge in [0.05, 0.1) is 18.4 Å². The molecule has 1 amide bonds. The summed E-state index contributed by atoms with van der Waals surface area (Å²) in [6.45, 7) is 1.91. The van der Waals surface area contributed by atoms with Crippen LogP contribution in [0.25, 0.3) is 22.0 Å². The lowest BCUT2D eigenvalue weighted by Crippen LogP contribution is -2.13. The van der Waals surface area contributed by atoms with Crippen LogP contribution in [0, 0.1) is 6.92 Å². The maximum absolute atomic E-state index is 12.7. The fourth-order valence-corrected chi connectivity index (χ4v) is 3.88. The minimum atomic E-state index is -0.227. The van der Waals surface area contributed by atoms with Crippen LogP contribution in [0.3, 0.4) is 0 Å². The maximum Gasteiger partial charge on any atom is 0.261 e. The first-order valence-corrected chi connectivity index (χ1v) is 9.44. The second-order valence-electron chi connectivity index (χ2n) is 6.17. The Morgan fingerprint density at radius 1 is 1.04 bits per heavy atom. The number of aromatic nitrogens is 1. The largest absolute Gasteiger partial charge is 0.496 e. The highest BCUT2D eigenvalue weighted by Gasteiger charge is 2.16. The molecule has 0 spiro atoms. The van der Waals surface area contributed by atoms with Gasteiger partial charge >= 0.3 is 0 Å². The van der Waals surface area contributed by atoms with Crippen molar-refractivity contribution in [1.82, 2.24) is 4.98 Å². The third kappa shape index (κ3) is 3.29. The molecule has 0 aliphatic heterocycles. The van der Waals surface area contributed by atoms with Crippen molar-refractivity contribution >= 4 is 33.1 Å². The molecule has 0 aliphatic rings. The predicted molar refractivity (Wildman–Crippen MR) is 111 cm³/mol. The van der Waals surface area contributed by atoms with Crippen molar-refractivity contribution in [3.8, 4) is 17.0 Å². The van der Waals surface area contributed by atoms with Crippen LogP contribution in [0.4, 0.5) is 5.13 Å². The molecule has 0 saturated carbocycles. The number of amides is 1. The van der Waals surface area contributed by atoms with Gasteiger partial charge in [0.15, 0.2) is 5.13 Å². The van der Waals surface area contributed by atoms with Crippen LogP contribution in [0.1, 0.15) is 15.9 Å². The van der Waals surface area contributed by atoms with Gasteiger partial charge in [-0.25, -0.2) is 4.98 Å². The lowest BCUT2D eigenvalue weighted by molar-refractivity contribution is 0.102. The lowest BCUT2D eigenvalue weighted by atomic mass is 10.0. The first-order valence-electron chi connectivity index (χ1n) is 8.56. The third-order valence-corrected chi connectivity index (χ3v) is 5.21. The van der Waals surface area contributed by atoms with Crippen molar-refractivity contribution in [3.05, 3.63) is 77.2 Å². The van der Waals surface area contributed by atoms with Crippen LogP contribution in [-0.4, -0.2) is 18.0 Å². The normalized spacial score (nSPS) is 10.7. The number of ether oxygens (including phenoxy) is 1. The quantitative estimate of drug-likeness (QED) is 0.511. The van der Waals surface area contributed by atoms with Gasteiger partial charge in [-0.3, -0.25) is 10.1 Å². The molecule has 0 unspecified atom stereocenters. The van der Waals surface area contributed by atoms with Gasteiger partial charge in [-0.05, 0) is 29.3 Å². The summed E-state index contributed by atoms with van der Waals surface area (Å²) >= 11 is 1.41. The number of aryl methyl sites for hydroxylation is 1. The average molecular weight is 374 g/mol. The molecule has 3 aromatic carbocycles. The van der Waals surface area contributed by atoms with Crippen LogP contribution in [-0.2, 0) is 0 Å². The summed E-state index contributed by atoms with van der Waals surface area (Å²) in [6.07, 6.45) is 0. The number of carbonyl (C=O) groups is 1. The lowest BCUT2D eigenvalue weighted by Gasteiger charge is -2.10. The van der Waals surface area contributed by atoms with Gasteiger partial charge in [0.25, 0.3) is 5.91 Å². The molecule has 4 rings (SSSR count). The van der Waals surface area contributed by atoms with E-state index in [-0.39, 0.29) is 5.91 Å². The SMILES string of the molecule is COc1c(C)cccc1C(=O)Nc1nc(-c2cccc3ccccc23)cs1. The predicted octanol–water partition coefficient (Wildman–Crippen LogP) is 5.53. The first kappa shape index (κ1) is 17.2. The number of methoxy groups -OCH3 is 1. The Balaban J connectivity index is 1.64. The molecule has 27 heavy (non-hydrogen) atoms. The Morgan fingerprint density at radius 3 is 2.67 bits per heavy atom. The van der Waals surface area contributed by atoms with Gasteiger partial charge in [0.2, 0.25) is 0 Å². The highest BCUT2D eigenvalue weighted by molar-refractivity contribution is 7.14. The number of anilines is 1. The molecule has 0 aliphatic carbocycles. The van der Waals surface area contributed by atoms with Crippen molar-refractivity contribution in [2.75, 3.05) is 12.4 Å².